The van der Waals surface area contributed by atoms with Gasteiger partial charge in [-0.2, -0.15) is 0 Å². The van der Waals surface area contributed by atoms with Crippen LogP contribution in [0.2, 0.25) is 0 Å². The molecular formula is C12H21N3O4. The van der Waals surface area contributed by atoms with Crippen molar-refractivity contribution in [3.8, 4) is 0 Å². The normalized spacial score (nSPS) is 18.3. The van der Waals surface area contributed by atoms with Gasteiger partial charge in [-0.3, -0.25) is 9.59 Å². The zero-order valence-corrected chi connectivity index (χ0v) is 11.3. The fraction of sp³-hybridized carbons (Fsp3) is 0.750. The number of carbonyl (C=O) groups is 3. The maximum absolute atomic E-state index is 11.9. The van der Waals surface area contributed by atoms with Crippen LogP contribution in [0.25, 0.3) is 0 Å². The van der Waals surface area contributed by atoms with Crippen LogP contribution in [0.3, 0.4) is 0 Å². The first kappa shape index (κ1) is 15.3. The Labute approximate surface area is 112 Å². The molecule has 3 N–H and O–H groups in total. The molecule has 1 aliphatic heterocycles. The summed E-state index contributed by atoms with van der Waals surface area (Å²) < 4.78 is 0. The molecule has 0 bridgehead atoms. The van der Waals surface area contributed by atoms with Crippen LogP contribution in [0.1, 0.15) is 26.7 Å². The van der Waals surface area contributed by atoms with Crippen LogP contribution < -0.4 is 10.6 Å². The lowest BCUT2D eigenvalue weighted by molar-refractivity contribution is -0.137. The molecule has 1 saturated heterocycles. The number of carboxylic acids is 1. The van der Waals surface area contributed by atoms with Crippen molar-refractivity contribution in [3.05, 3.63) is 0 Å². The van der Waals surface area contributed by atoms with Crippen LogP contribution in [0.5, 0.6) is 0 Å². The Bertz CT molecular complexity index is 357. The standard InChI is InChI=1S/C12H21N3O4/c1-8(2)6-15(7-11(17)18)12(19)13-5-9-3-4-10(16)14-9/h8-9H,3-7H2,1-2H3,(H,13,19)(H,14,16)(H,17,18). The molecule has 108 valence electrons. The Morgan fingerprint density at radius 3 is 2.68 bits per heavy atom. The number of nitrogens with zero attached hydrogens (tertiary/aromatic N) is 1. The fourth-order valence-electron chi connectivity index (χ4n) is 1.98. The van der Waals surface area contributed by atoms with Gasteiger partial charge in [-0.1, -0.05) is 13.8 Å². The Kier molecular flexibility index (Phi) is 5.59. The minimum absolute atomic E-state index is 0.0104. The molecule has 0 radical (unpaired) electrons. The maximum Gasteiger partial charge on any atom is 0.323 e. The summed E-state index contributed by atoms with van der Waals surface area (Å²) in [4.78, 5) is 34.9. The first-order chi connectivity index (χ1) is 8.88. The lowest BCUT2D eigenvalue weighted by Crippen LogP contribution is -2.47. The van der Waals surface area contributed by atoms with Gasteiger partial charge in [0.05, 0.1) is 0 Å². The van der Waals surface area contributed by atoms with Crippen LogP contribution in [-0.4, -0.2) is 53.6 Å². The number of hydrogen-bond acceptors (Lipinski definition) is 3. The smallest absolute Gasteiger partial charge is 0.323 e. The van der Waals surface area contributed by atoms with Crippen molar-refractivity contribution in [3.63, 3.8) is 0 Å². The molecule has 1 aliphatic rings. The number of carbonyl (C=O) groups excluding carboxylic acids is 2. The highest BCUT2D eigenvalue weighted by Crippen LogP contribution is 2.05. The molecule has 0 aliphatic carbocycles. The van der Waals surface area contributed by atoms with Gasteiger partial charge in [0.15, 0.2) is 0 Å². The number of nitrogens with one attached hydrogen (secondary N) is 2. The number of carboxylic acid groups (broad SMARTS) is 1. The third-order valence-corrected chi connectivity index (χ3v) is 2.78. The van der Waals surface area contributed by atoms with Crippen LogP contribution in [0, 0.1) is 5.92 Å². The second-order valence-corrected chi connectivity index (χ2v) is 5.16. The summed E-state index contributed by atoms with van der Waals surface area (Å²) in [5.41, 5.74) is 0. The molecule has 19 heavy (non-hydrogen) atoms. The Morgan fingerprint density at radius 1 is 1.53 bits per heavy atom. The van der Waals surface area contributed by atoms with Crippen molar-refractivity contribution >= 4 is 17.9 Å². The molecule has 0 aromatic carbocycles. The molecule has 3 amide bonds. The van der Waals surface area contributed by atoms with E-state index in [9.17, 15) is 14.4 Å². The fourth-order valence-corrected chi connectivity index (χ4v) is 1.98. The average Bonchev–Trinajstić information content (AvgIpc) is 2.70. The number of hydrogen-bond donors (Lipinski definition) is 3. The molecule has 0 aromatic rings. The van der Waals surface area contributed by atoms with E-state index in [1.54, 1.807) is 0 Å². The number of amides is 3. The van der Waals surface area contributed by atoms with Gasteiger partial charge in [0.25, 0.3) is 0 Å². The molecule has 1 rings (SSSR count). The molecule has 0 spiro atoms. The Morgan fingerprint density at radius 2 is 2.21 bits per heavy atom. The van der Waals surface area contributed by atoms with E-state index < -0.39 is 12.0 Å². The van der Waals surface area contributed by atoms with Crippen molar-refractivity contribution in [2.24, 2.45) is 5.92 Å². The van der Waals surface area contributed by atoms with E-state index >= 15 is 0 Å². The van der Waals surface area contributed by atoms with E-state index in [4.69, 9.17) is 5.11 Å². The number of aliphatic carboxylic acids is 1. The van der Waals surface area contributed by atoms with Gasteiger partial charge in [-0.05, 0) is 12.3 Å². The first-order valence-corrected chi connectivity index (χ1v) is 6.42. The molecule has 7 nitrogen and oxygen atoms in total. The van der Waals surface area contributed by atoms with E-state index in [0.717, 1.165) is 0 Å². The summed E-state index contributed by atoms with van der Waals surface area (Å²) in [5, 5.41) is 14.2. The van der Waals surface area contributed by atoms with Crippen molar-refractivity contribution in [2.75, 3.05) is 19.6 Å². The summed E-state index contributed by atoms with van der Waals surface area (Å²) in [7, 11) is 0. The van der Waals surface area contributed by atoms with E-state index in [0.29, 0.717) is 25.9 Å². The van der Waals surface area contributed by atoms with Gasteiger partial charge in [0.2, 0.25) is 5.91 Å². The SMILES string of the molecule is CC(C)CN(CC(=O)O)C(=O)NCC1CCC(=O)N1. The highest BCUT2D eigenvalue weighted by molar-refractivity contribution is 5.81. The molecule has 0 aromatic heterocycles. The highest BCUT2D eigenvalue weighted by atomic mass is 16.4. The van der Waals surface area contributed by atoms with Gasteiger partial charge in [0, 0.05) is 25.6 Å². The van der Waals surface area contributed by atoms with Gasteiger partial charge in [-0.15, -0.1) is 0 Å². The summed E-state index contributed by atoms with van der Waals surface area (Å²) in [5.74, 6) is -0.856. The van der Waals surface area contributed by atoms with E-state index in [1.165, 1.54) is 4.90 Å². The molecule has 1 unspecified atom stereocenters. The summed E-state index contributed by atoms with van der Waals surface area (Å²) in [6.07, 6.45) is 1.17. The minimum atomic E-state index is -1.04. The predicted octanol–water partition coefficient (Wildman–Crippen LogP) is 0.0172. The number of rotatable bonds is 6. The Hall–Kier alpha value is -1.79. The van der Waals surface area contributed by atoms with Gasteiger partial charge >= 0.3 is 12.0 Å². The van der Waals surface area contributed by atoms with Crippen LogP contribution in [-0.2, 0) is 9.59 Å². The lowest BCUT2D eigenvalue weighted by atomic mass is 10.2. The van der Waals surface area contributed by atoms with E-state index in [2.05, 4.69) is 10.6 Å². The summed E-state index contributed by atoms with van der Waals surface area (Å²) >= 11 is 0. The third kappa shape index (κ3) is 5.58. The lowest BCUT2D eigenvalue weighted by Gasteiger charge is -2.24. The van der Waals surface area contributed by atoms with Gasteiger partial charge < -0.3 is 20.6 Å². The minimum Gasteiger partial charge on any atom is -0.480 e. The molecule has 0 saturated carbocycles. The monoisotopic (exact) mass is 271 g/mol. The second kappa shape index (κ2) is 6.96. The topological polar surface area (TPSA) is 98.7 Å². The predicted molar refractivity (Wildman–Crippen MR) is 68.6 cm³/mol. The summed E-state index contributed by atoms with van der Waals surface area (Å²) in [6, 6.07) is -0.459. The van der Waals surface area contributed by atoms with E-state index in [1.807, 2.05) is 13.8 Å². The molecule has 7 heteroatoms. The van der Waals surface area contributed by atoms with Crippen LogP contribution in [0.15, 0.2) is 0 Å². The first-order valence-electron chi connectivity index (χ1n) is 6.42. The van der Waals surface area contributed by atoms with Gasteiger partial charge in [0.1, 0.15) is 6.54 Å². The maximum atomic E-state index is 11.9. The molecule has 1 fully saturated rings. The average molecular weight is 271 g/mol. The molecule has 1 heterocycles. The third-order valence-electron chi connectivity index (χ3n) is 2.78. The number of urea groups is 1. The zero-order valence-electron chi connectivity index (χ0n) is 11.3. The highest BCUT2D eigenvalue weighted by Gasteiger charge is 2.23. The van der Waals surface area contributed by atoms with E-state index in [-0.39, 0.29) is 24.4 Å². The van der Waals surface area contributed by atoms with Crippen LogP contribution >= 0.6 is 0 Å². The summed E-state index contributed by atoms with van der Waals surface area (Å²) in [6.45, 7) is 4.23. The largest absolute Gasteiger partial charge is 0.480 e. The van der Waals surface area contributed by atoms with Crippen molar-refractivity contribution in [1.29, 1.82) is 0 Å². The van der Waals surface area contributed by atoms with Crippen molar-refractivity contribution < 1.29 is 19.5 Å². The van der Waals surface area contributed by atoms with Crippen LogP contribution in [0.4, 0.5) is 4.79 Å². The van der Waals surface area contributed by atoms with Crippen molar-refractivity contribution in [2.45, 2.75) is 32.7 Å². The Balaban J connectivity index is 2.42. The van der Waals surface area contributed by atoms with Crippen molar-refractivity contribution in [1.82, 2.24) is 15.5 Å². The zero-order chi connectivity index (χ0) is 14.4. The molecular weight excluding hydrogens is 250 g/mol. The van der Waals surface area contributed by atoms with Gasteiger partial charge in [-0.25, -0.2) is 4.79 Å². The second-order valence-electron chi connectivity index (χ2n) is 5.16. The quantitative estimate of drug-likeness (QED) is 0.634. The molecule has 1 atom stereocenters.